The number of carbonyl (C=O) groups excluding carboxylic acids is 1. The van der Waals surface area contributed by atoms with Crippen LogP contribution in [0.2, 0.25) is 0 Å². The fraction of sp³-hybridized carbons (Fsp3) is 0.364. The third-order valence-corrected chi connectivity index (χ3v) is 3.16. The highest BCUT2D eigenvalue weighted by molar-refractivity contribution is 9.10. The molecule has 0 spiro atoms. The summed E-state index contributed by atoms with van der Waals surface area (Å²) in [5, 5.41) is 2.29. The van der Waals surface area contributed by atoms with E-state index in [1.807, 2.05) is 6.92 Å². The van der Waals surface area contributed by atoms with E-state index in [4.69, 9.17) is 0 Å². The summed E-state index contributed by atoms with van der Waals surface area (Å²) in [7, 11) is 0. The highest BCUT2D eigenvalue weighted by atomic mass is 79.9. The molecule has 1 fully saturated rings. The molecule has 1 aromatic rings. The van der Waals surface area contributed by atoms with Gasteiger partial charge in [-0.3, -0.25) is 4.79 Å². The Bertz CT molecular complexity index is 427. The number of hydrogen-bond donors (Lipinski definition) is 1. The Labute approximate surface area is 100 Å². The van der Waals surface area contributed by atoms with Gasteiger partial charge in [-0.05, 0) is 24.5 Å². The standard InChI is InChI=1S/C11H10BrF2NO/c1-5-2-7(5)11(16)15-10-8(13)3-6(12)4-9(10)14/h3-5,7H,2H2,1H3,(H,15,16). The van der Waals surface area contributed by atoms with Crippen LogP contribution >= 0.6 is 15.9 Å². The lowest BCUT2D eigenvalue weighted by Gasteiger charge is -2.07. The minimum atomic E-state index is -0.770. The van der Waals surface area contributed by atoms with Crippen molar-refractivity contribution in [2.24, 2.45) is 11.8 Å². The summed E-state index contributed by atoms with van der Waals surface area (Å²) in [6, 6.07) is 2.24. The van der Waals surface area contributed by atoms with Crippen LogP contribution in [-0.2, 0) is 4.79 Å². The topological polar surface area (TPSA) is 29.1 Å². The Morgan fingerprint density at radius 3 is 2.38 bits per heavy atom. The number of amides is 1. The van der Waals surface area contributed by atoms with Gasteiger partial charge in [-0.2, -0.15) is 0 Å². The van der Waals surface area contributed by atoms with Gasteiger partial charge in [0.05, 0.1) is 0 Å². The lowest BCUT2D eigenvalue weighted by atomic mass is 10.2. The first-order valence-electron chi connectivity index (χ1n) is 4.94. The van der Waals surface area contributed by atoms with Crippen LogP contribution < -0.4 is 5.32 Å². The average Bonchev–Trinajstić information content (AvgIpc) is 2.88. The van der Waals surface area contributed by atoms with Crippen LogP contribution in [0.25, 0.3) is 0 Å². The van der Waals surface area contributed by atoms with Crippen LogP contribution in [0.15, 0.2) is 16.6 Å². The van der Waals surface area contributed by atoms with Crippen molar-refractivity contribution >= 4 is 27.5 Å². The number of anilines is 1. The van der Waals surface area contributed by atoms with E-state index in [-0.39, 0.29) is 17.5 Å². The predicted octanol–water partition coefficient (Wildman–Crippen LogP) is 3.32. The second kappa shape index (κ2) is 4.13. The van der Waals surface area contributed by atoms with Crippen LogP contribution in [0, 0.1) is 23.5 Å². The number of nitrogens with one attached hydrogen (secondary N) is 1. The molecule has 1 amide bonds. The van der Waals surface area contributed by atoms with Gasteiger partial charge in [0.2, 0.25) is 5.91 Å². The molecule has 0 aliphatic heterocycles. The zero-order chi connectivity index (χ0) is 11.9. The summed E-state index contributed by atoms with van der Waals surface area (Å²) in [4.78, 5) is 11.5. The zero-order valence-electron chi connectivity index (χ0n) is 8.56. The molecule has 1 aromatic carbocycles. The van der Waals surface area contributed by atoms with Crippen molar-refractivity contribution < 1.29 is 13.6 Å². The van der Waals surface area contributed by atoms with Gasteiger partial charge in [-0.1, -0.05) is 22.9 Å². The van der Waals surface area contributed by atoms with E-state index in [1.54, 1.807) is 0 Å². The highest BCUT2D eigenvalue weighted by Gasteiger charge is 2.39. The smallest absolute Gasteiger partial charge is 0.227 e. The van der Waals surface area contributed by atoms with Gasteiger partial charge in [0.15, 0.2) is 11.6 Å². The van der Waals surface area contributed by atoms with E-state index >= 15 is 0 Å². The Balaban J connectivity index is 2.18. The molecular weight excluding hydrogens is 280 g/mol. The van der Waals surface area contributed by atoms with Gasteiger partial charge < -0.3 is 5.32 Å². The van der Waals surface area contributed by atoms with Gasteiger partial charge in [-0.15, -0.1) is 0 Å². The van der Waals surface area contributed by atoms with E-state index < -0.39 is 11.6 Å². The molecule has 5 heteroatoms. The van der Waals surface area contributed by atoms with E-state index in [1.165, 1.54) is 0 Å². The lowest BCUT2D eigenvalue weighted by Crippen LogP contribution is -2.16. The van der Waals surface area contributed by atoms with E-state index in [0.717, 1.165) is 18.6 Å². The third-order valence-electron chi connectivity index (χ3n) is 2.70. The molecule has 0 saturated heterocycles. The first-order valence-corrected chi connectivity index (χ1v) is 5.73. The molecule has 0 aromatic heterocycles. The SMILES string of the molecule is CC1CC1C(=O)Nc1c(F)cc(Br)cc1F. The van der Waals surface area contributed by atoms with Crippen LogP contribution in [0.3, 0.4) is 0 Å². The Kier molecular flexibility index (Phi) is 2.97. The van der Waals surface area contributed by atoms with Gasteiger partial charge in [-0.25, -0.2) is 8.78 Å². The molecule has 2 unspecified atom stereocenters. The van der Waals surface area contributed by atoms with Crippen LogP contribution in [0.5, 0.6) is 0 Å². The normalized spacial score (nSPS) is 23.0. The molecule has 86 valence electrons. The van der Waals surface area contributed by atoms with Crippen LogP contribution in [-0.4, -0.2) is 5.91 Å². The van der Waals surface area contributed by atoms with Gasteiger partial charge in [0.25, 0.3) is 0 Å². The average molecular weight is 290 g/mol. The number of rotatable bonds is 2. The quantitative estimate of drug-likeness (QED) is 0.889. The molecule has 2 atom stereocenters. The van der Waals surface area contributed by atoms with Crippen molar-refractivity contribution in [1.29, 1.82) is 0 Å². The van der Waals surface area contributed by atoms with Crippen molar-refractivity contribution in [2.45, 2.75) is 13.3 Å². The van der Waals surface area contributed by atoms with Crippen molar-refractivity contribution in [2.75, 3.05) is 5.32 Å². The van der Waals surface area contributed by atoms with Crippen LogP contribution in [0.4, 0.5) is 14.5 Å². The molecule has 1 saturated carbocycles. The number of hydrogen-bond acceptors (Lipinski definition) is 1. The lowest BCUT2D eigenvalue weighted by molar-refractivity contribution is -0.117. The van der Waals surface area contributed by atoms with Crippen molar-refractivity contribution in [3.63, 3.8) is 0 Å². The Morgan fingerprint density at radius 2 is 1.94 bits per heavy atom. The summed E-state index contributed by atoms with van der Waals surface area (Å²) in [5.41, 5.74) is -0.368. The minimum Gasteiger partial charge on any atom is -0.321 e. The monoisotopic (exact) mass is 289 g/mol. The van der Waals surface area contributed by atoms with Gasteiger partial charge >= 0.3 is 0 Å². The second-order valence-corrected chi connectivity index (χ2v) is 4.97. The molecule has 2 rings (SSSR count). The largest absolute Gasteiger partial charge is 0.321 e. The second-order valence-electron chi connectivity index (χ2n) is 4.05. The van der Waals surface area contributed by atoms with Crippen molar-refractivity contribution in [3.8, 4) is 0 Å². The Morgan fingerprint density at radius 1 is 1.44 bits per heavy atom. The number of halogens is 3. The molecule has 16 heavy (non-hydrogen) atoms. The van der Waals surface area contributed by atoms with E-state index in [0.29, 0.717) is 10.4 Å². The minimum absolute atomic E-state index is 0.109. The van der Waals surface area contributed by atoms with Gasteiger partial charge in [0, 0.05) is 10.4 Å². The Hall–Kier alpha value is -0.970. The third kappa shape index (κ3) is 2.24. The summed E-state index contributed by atoms with van der Waals surface area (Å²) in [5.74, 6) is -1.65. The maximum Gasteiger partial charge on any atom is 0.227 e. The maximum atomic E-state index is 13.4. The molecule has 0 radical (unpaired) electrons. The van der Waals surface area contributed by atoms with E-state index in [2.05, 4.69) is 21.2 Å². The predicted molar refractivity (Wildman–Crippen MR) is 60.0 cm³/mol. The molecule has 2 nitrogen and oxygen atoms in total. The summed E-state index contributed by atoms with van der Waals surface area (Å²) >= 11 is 2.97. The molecule has 0 heterocycles. The maximum absolute atomic E-state index is 13.4. The molecule has 1 aliphatic rings. The highest BCUT2D eigenvalue weighted by Crippen LogP contribution is 2.38. The number of carbonyl (C=O) groups is 1. The zero-order valence-corrected chi connectivity index (χ0v) is 10.1. The first kappa shape index (κ1) is 11.5. The molecule has 1 aliphatic carbocycles. The molecule has 1 N–H and O–H groups in total. The molecular formula is C11H10BrF2NO. The van der Waals surface area contributed by atoms with Crippen molar-refractivity contribution in [1.82, 2.24) is 0 Å². The fourth-order valence-electron chi connectivity index (χ4n) is 1.56. The fourth-order valence-corrected chi connectivity index (χ4v) is 1.97. The van der Waals surface area contributed by atoms with Gasteiger partial charge in [0.1, 0.15) is 5.69 Å². The molecule has 0 bridgehead atoms. The first-order chi connectivity index (χ1) is 7.49. The summed E-state index contributed by atoms with van der Waals surface area (Å²) < 4.78 is 27.0. The summed E-state index contributed by atoms with van der Waals surface area (Å²) in [6.07, 6.45) is 0.783. The van der Waals surface area contributed by atoms with Crippen LogP contribution in [0.1, 0.15) is 13.3 Å². The van der Waals surface area contributed by atoms with Crippen molar-refractivity contribution in [3.05, 3.63) is 28.2 Å². The summed E-state index contributed by atoms with van der Waals surface area (Å²) in [6.45, 7) is 1.93. The number of benzene rings is 1. The van der Waals surface area contributed by atoms with E-state index in [9.17, 15) is 13.6 Å².